The third-order valence-corrected chi connectivity index (χ3v) is 0.149. The fourth-order valence-corrected chi connectivity index (χ4v) is 0. The van der Waals surface area contributed by atoms with E-state index in [0.717, 1.165) is 0 Å². The van der Waals surface area contributed by atoms with E-state index in [1.54, 1.807) is 7.05 Å². The van der Waals surface area contributed by atoms with Crippen LogP contribution in [-0.2, 0) is 0 Å². The molecule has 6 heavy (non-hydrogen) atoms. The summed E-state index contributed by atoms with van der Waals surface area (Å²) in [6.45, 7) is 0. The van der Waals surface area contributed by atoms with E-state index in [4.69, 9.17) is 5.73 Å². The van der Waals surface area contributed by atoms with Gasteiger partial charge < -0.3 is 5.73 Å². The number of hydrogen-bond donors (Lipinski definition) is 3. The van der Waals surface area contributed by atoms with E-state index in [2.05, 4.69) is 16.7 Å². The van der Waals surface area contributed by atoms with Crippen molar-refractivity contribution in [2.45, 2.75) is 0 Å². The van der Waals surface area contributed by atoms with Gasteiger partial charge in [0.2, 0.25) is 0 Å². The lowest BCUT2D eigenvalue weighted by atomic mass is 11.3. The van der Waals surface area contributed by atoms with Crippen LogP contribution >= 0.6 is 0 Å². The van der Waals surface area contributed by atoms with Crippen LogP contribution in [0.15, 0.2) is 4.99 Å². The number of hydrogen-bond acceptors (Lipinski definition) is 3. The van der Waals surface area contributed by atoms with Crippen LogP contribution in [0, 0.1) is 0 Å². The summed E-state index contributed by atoms with van der Waals surface area (Å²) in [5.74, 6) is 8.00. The molecular weight excluding hydrogens is 80.0 g/mol. The number of nitrogens with two attached hydrogens (primary N) is 3. The highest BCUT2D eigenvalue weighted by Crippen LogP contribution is 1.29. The molecule has 38 valence electrons. The first kappa shape index (κ1) is 9.04. The minimum Gasteiger partial charge on any atom is -0.390 e. The molecule has 0 aromatic heterocycles. The lowest BCUT2D eigenvalue weighted by molar-refractivity contribution is 1.26. The molecule has 0 unspecified atom stereocenters. The van der Waals surface area contributed by atoms with Gasteiger partial charge in [-0.15, -0.1) is 0 Å². The number of aliphatic imine (C=N–C) groups is 1. The van der Waals surface area contributed by atoms with Crippen molar-refractivity contribution in [2.24, 2.45) is 22.4 Å². The van der Waals surface area contributed by atoms with Gasteiger partial charge in [-0.1, -0.05) is 0 Å². The molecule has 4 nitrogen and oxygen atoms in total. The van der Waals surface area contributed by atoms with Crippen molar-refractivity contribution < 1.29 is 0 Å². The summed E-state index contributed by atoms with van der Waals surface area (Å²) in [5, 5.41) is 0. The van der Waals surface area contributed by atoms with Gasteiger partial charge in [0.25, 0.3) is 0 Å². The smallest absolute Gasteiger partial charge is 0.0794 e. The molecular formula is C2H10N4. The Morgan fingerprint density at radius 1 is 1.50 bits per heavy atom. The van der Waals surface area contributed by atoms with Crippen LogP contribution in [0.5, 0.6) is 0 Å². The van der Waals surface area contributed by atoms with E-state index in [1.807, 2.05) is 0 Å². The number of nitrogens with zero attached hydrogens (tertiary/aromatic N) is 1. The summed E-state index contributed by atoms with van der Waals surface area (Å²) in [5.41, 5.74) is 4.74. The molecule has 0 fully saturated rings. The first-order valence-electron chi connectivity index (χ1n) is 1.37. The van der Waals surface area contributed by atoms with E-state index < -0.39 is 0 Å². The Balaban J connectivity index is 0. The van der Waals surface area contributed by atoms with Gasteiger partial charge in [0, 0.05) is 7.05 Å². The Hall–Kier alpha value is -0.610. The molecule has 0 aliphatic carbocycles. The van der Waals surface area contributed by atoms with Crippen molar-refractivity contribution in [2.75, 3.05) is 7.05 Å². The number of hydrazine groups is 1. The highest BCUT2D eigenvalue weighted by atomic mass is 15.0. The maximum atomic E-state index is 4.74. The van der Waals surface area contributed by atoms with Crippen molar-refractivity contribution in [1.29, 1.82) is 0 Å². The van der Waals surface area contributed by atoms with Crippen LogP contribution < -0.4 is 17.4 Å². The number of rotatable bonds is 0. The molecule has 0 aromatic rings. The van der Waals surface area contributed by atoms with Gasteiger partial charge in [0.1, 0.15) is 0 Å². The van der Waals surface area contributed by atoms with Crippen molar-refractivity contribution >= 4 is 6.34 Å². The van der Waals surface area contributed by atoms with Crippen molar-refractivity contribution in [3.63, 3.8) is 0 Å². The monoisotopic (exact) mass is 90.1 g/mol. The summed E-state index contributed by atoms with van der Waals surface area (Å²) in [6, 6.07) is 0. The molecule has 0 saturated heterocycles. The van der Waals surface area contributed by atoms with Gasteiger partial charge in [-0.05, 0) is 0 Å². The summed E-state index contributed by atoms with van der Waals surface area (Å²) in [7, 11) is 1.62. The predicted molar refractivity (Wildman–Crippen MR) is 27.0 cm³/mol. The second-order valence-corrected chi connectivity index (χ2v) is 0.407. The molecule has 0 aliphatic rings. The van der Waals surface area contributed by atoms with E-state index in [0.29, 0.717) is 0 Å². The fraction of sp³-hybridized carbons (Fsp3) is 0.500. The van der Waals surface area contributed by atoms with Gasteiger partial charge >= 0.3 is 0 Å². The van der Waals surface area contributed by atoms with Crippen LogP contribution in [0.25, 0.3) is 0 Å². The van der Waals surface area contributed by atoms with Gasteiger partial charge in [-0.3, -0.25) is 16.7 Å². The Labute approximate surface area is 37.0 Å². The second kappa shape index (κ2) is 26.1. The van der Waals surface area contributed by atoms with Crippen LogP contribution in [0.1, 0.15) is 0 Å². The maximum absolute atomic E-state index is 4.74. The second-order valence-electron chi connectivity index (χ2n) is 0.407. The summed E-state index contributed by atoms with van der Waals surface area (Å²) in [6.07, 6.45) is 1.25. The zero-order valence-corrected chi connectivity index (χ0v) is 3.76. The molecule has 0 amide bonds. The molecule has 0 spiro atoms. The van der Waals surface area contributed by atoms with Crippen molar-refractivity contribution in [3.8, 4) is 0 Å². The molecule has 0 radical (unpaired) electrons. The Kier molecular flexibility index (Phi) is 39.3. The Morgan fingerprint density at radius 2 is 1.67 bits per heavy atom. The first-order chi connectivity index (χ1) is 2.91. The summed E-state index contributed by atoms with van der Waals surface area (Å²) in [4.78, 5) is 3.39. The third kappa shape index (κ3) is 127. The maximum Gasteiger partial charge on any atom is 0.0794 e. The van der Waals surface area contributed by atoms with Crippen LogP contribution in [-0.4, -0.2) is 13.4 Å². The molecule has 0 aromatic carbocycles. The zero-order valence-electron chi connectivity index (χ0n) is 3.76. The summed E-state index contributed by atoms with van der Waals surface area (Å²) >= 11 is 0. The lowest BCUT2D eigenvalue weighted by Gasteiger charge is -1.55. The van der Waals surface area contributed by atoms with Crippen LogP contribution in [0.3, 0.4) is 0 Å². The SMILES string of the molecule is CN=CN.NN. The highest BCUT2D eigenvalue weighted by molar-refractivity contribution is 5.50. The fourth-order valence-electron chi connectivity index (χ4n) is 0. The molecule has 6 N–H and O–H groups in total. The Morgan fingerprint density at radius 3 is 1.67 bits per heavy atom. The predicted octanol–water partition coefficient (Wildman–Crippen LogP) is -1.58. The molecule has 4 heteroatoms. The van der Waals surface area contributed by atoms with Crippen LogP contribution in [0.4, 0.5) is 0 Å². The average Bonchev–Trinajstić information content (AvgIpc) is 1.72. The molecule has 0 saturated carbocycles. The minimum atomic E-state index is 1.25. The largest absolute Gasteiger partial charge is 0.390 e. The summed E-state index contributed by atoms with van der Waals surface area (Å²) < 4.78 is 0. The minimum absolute atomic E-state index is 1.25. The molecule has 0 bridgehead atoms. The van der Waals surface area contributed by atoms with Crippen LogP contribution in [0.2, 0.25) is 0 Å². The van der Waals surface area contributed by atoms with E-state index in [1.165, 1.54) is 6.34 Å². The van der Waals surface area contributed by atoms with Gasteiger partial charge in [0.15, 0.2) is 0 Å². The third-order valence-electron chi connectivity index (χ3n) is 0.149. The Bertz CT molecular complexity index is 20.7. The van der Waals surface area contributed by atoms with Crippen molar-refractivity contribution in [3.05, 3.63) is 0 Å². The lowest BCUT2D eigenvalue weighted by Crippen LogP contribution is -2.02. The zero-order chi connectivity index (χ0) is 5.41. The van der Waals surface area contributed by atoms with E-state index >= 15 is 0 Å². The normalized spacial score (nSPS) is 7.17. The standard InChI is InChI=1S/C2H6N2.H4N2/c1-4-2-3;1-2/h2H,1H3,(H2,3,4);1-2H2. The molecule has 0 heterocycles. The molecule has 0 atom stereocenters. The van der Waals surface area contributed by atoms with Gasteiger partial charge in [0.05, 0.1) is 6.34 Å². The quantitative estimate of drug-likeness (QED) is 0.145. The van der Waals surface area contributed by atoms with Gasteiger partial charge in [-0.2, -0.15) is 0 Å². The van der Waals surface area contributed by atoms with E-state index in [-0.39, 0.29) is 0 Å². The van der Waals surface area contributed by atoms with Gasteiger partial charge in [-0.25, -0.2) is 0 Å². The first-order valence-corrected chi connectivity index (χ1v) is 1.37. The van der Waals surface area contributed by atoms with E-state index in [9.17, 15) is 0 Å². The average molecular weight is 90.1 g/mol. The molecule has 0 aliphatic heterocycles. The van der Waals surface area contributed by atoms with Crippen molar-refractivity contribution in [1.82, 2.24) is 0 Å². The highest BCUT2D eigenvalue weighted by Gasteiger charge is 1.30. The topological polar surface area (TPSA) is 90.4 Å². The molecule has 0 rings (SSSR count).